The molecule has 0 atom stereocenters. The fourth-order valence-electron chi connectivity index (χ4n) is 7.14. The first kappa shape index (κ1) is 28.2. The maximum absolute atomic E-state index is 5.41. The van der Waals surface area contributed by atoms with Crippen molar-refractivity contribution in [3.05, 3.63) is 176 Å². The molecular weight excluding hydrogens is 611 g/mol. The Morgan fingerprint density at radius 1 is 0.460 bits per heavy atom. The van der Waals surface area contributed by atoms with Crippen LogP contribution in [0.2, 0.25) is 0 Å². The summed E-state index contributed by atoms with van der Waals surface area (Å²) in [5, 5.41) is 3.30. The van der Waals surface area contributed by atoms with E-state index >= 15 is 0 Å². The van der Waals surface area contributed by atoms with Gasteiger partial charge in [-0.2, -0.15) is 0 Å². The quantitative estimate of drug-likeness (QED) is 0.176. The van der Waals surface area contributed by atoms with Gasteiger partial charge in [-0.1, -0.05) is 127 Å². The van der Waals surface area contributed by atoms with Crippen LogP contribution in [0, 0.1) is 0 Å². The van der Waals surface area contributed by atoms with Crippen molar-refractivity contribution in [3.63, 3.8) is 0 Å². The summed E-state index contributed by atoms with van der Waals surface area (Å²) in [4.78, 5) is 15.7. The zero-order valence-electron chi connectivity index (χ0n) is 27.0. The van der Waals surface area contributed by atoms with Gasteiger partial charge in [0.1, 0.15) is 11.5 Å². The lowest BCUT2D eigenvalue weighted by Gasteiger charge is -2.12. The van der Waals surface area contributed by atoms with Crippen molar-refractivity contribution in [2.45, 2.75) is 0 Å². The van der Waals surface area contributed by atoms with Crippen molar-refractivity contribution in [3.8, 4) is 50.7 Å². The predicted molar refractivity (Wildman–Crippen MR) is 204 cm³/mol. The van der Waals surface area contributed by atoms with Gasteiger partial charge in [0.15, 0.2) is 0 Å². The second kappa shape index (κ2) is 11.4. The number of para-hydroxylation sites is 2. The Hall–Kier alpha value is -6.85. The summed E-state index contributed by atoms with van der Waals surface area (Å²) in [5.41, 5.74) is 12.2. The Balaban J connectivity index is 1.16. The van der Waals surface area contributed by atoms with Crippen LogP contribution in [0.25, 0.3) is 89.1 Å². The molecule has 10 aromatic rings. The fourth-order valence-corrected chi connectivity index (χ4v) is 7.14. The first-order valence-corrected chi connectivity index (χ1v) is 16.8. The predicted octanol–water partition coefficient (Wildman–Crippen LogP) is 11.0. The van der Waals surface area contributed by atoms with E-state index in [4.69, 9.17) is 15.0 Å². The van der Waals surface area contributed by atoms with E-state index in [1.807, 2.05) is 30.3 Å². The lowest BCUT2D eigenvalue weighted by atomic mass is 9.97. The van der Waals surface area contributed by atoms with Crippen LogP contribution >= 0.6 is 0 Å². The van der Waals surface area contributed by atoms with E-state index < -0.39 is 0 Å². The van der Waals surface area contributed by atoms with Crippen molar-refractivity contribution in [2.24, 2.45) is 0 Å². The summed E-state index contributed by atoms with van der Waals surface area (Å²) in [6.45, 7) is 0. The Kier molecular flexibility index (Phi) is 6.42. The number of hydrogen-bond donors (Lipinski definition) is 0. The van der Waals surface area contributed by atoms with Crippen molar-refractivity contribution in [2.75, 3.05) is 0 Å². The Morgan fingerprint density at radius 3 is 1.92 bits per heavy atom. The van der Waals surface area contributed by atoms with Gasteiger partial charge in [-0.3, -0.25) is 4.57 Å². The molecule has 4 aromatic heterocycles. The van der Waals surface area contributed by atoms with E-state index in [1.165, 1.54) is 0 Å². The molecule has 0 aliphatic heterocycles. The van der Waals surface area contributed by atoms with E-state index in [-0.39, 0.29) is 0 Å². The summed E-state index contributed by atoms with van der Waals surface area (Å²) in [6.07, 6.45) is 4.16. The van der Waals surface area contributed by atoms with Crippen LogP contribution in [0.5, 0.6) is 0 Å². The van der Waals surface area contributed by atoms with E-state index in [9.17, 15) is 0 Å². The molecule has 5 heteroatoms. The van der Waals surface area contributed by atoms with Crippen LogP contribution in [0.4, 0.5) is 0 Å². The molecule has 50 heavy (non-hydrogen) atoms. The van der Waals surface area contributed by atoms with Gasteiger partial charge >= 0.3 is 0 Å². The van der Waals surface area contributed by atoms with E-state index in [2.05, 4.69) is 155 Å². The number of nitrogens with zero attached hydrogens (tertiary/aromatic N) is 5. The van der Waals surface area contributed by atoms with Crippen molar-refractivity contribution in [1.82, 2.24) is 23.9 Å². The number of hydrogen-bond acceptors (Lipinski definition) is 3. The minimum Gasteiger partial charge on any atom is -0.306 e. The number of aromatic nitrogens is 5. The number of benzene rings is 6. The third-order valence-corrected chi connectivity index (χ3v) is 9.56. The standard InChI is InChI=1S/C45H29N5/c1-4-12-31(13-5-1)39-29-49-27-26-34(28-41(49)46-39)30-20-22-32(23-21-30)43-42-37(36-18-10-11-19-38(36)47-43)24-25-40-44(42)48-45(33-14-6-2-7-15-33)50(40)35-16-8-3-9-17-35/h1-29H. The van der Waals surface area contributed by atoms with Gasteiger partial charge in [-0.15, -0.1) is 0 Å². The molecule has 0 amide bonds. The molecule has 0 saturated heterocycles. The summed E-state index contributed by atoms with van der Waals surface area (Å²) < 4.78 is 4.34. The lowest BCUT2D eigenvalue weighted by molar-refractivity contribution is 1.10. The molecule has 0 radical (unpaired) electrons. The Bertz CT molecular complexity index is 2840. The highest BCUT2D eigenvalue weighted by molar-refractivity contribution is 6.20. The number of rotatable bonds is 5. The number of imidazole rings is 2. The van der Waals surface area contributed by atoms with Gasteiger partial charge < -0.3 is 4.40 Å². The maximum atomic E-state index is 5.41. The zero-order valence-corrected chi connectivity index (χ0v) is 27.0. The van der Waals surface area contributed by atoms with Crippen molar-refractivity contribution >= 4 is 38.4 Å². The van der Waals surface area contributed by atoms with Gasteiger partial charge in [0.25, 0.3) is 0 Å². The Labute approximate surface area is 288 Å². The van der Waals surface area contributed by atoms with Gasteiger partial charge in [-0.05, 0) is 52.9 Å². The SMILES string of the molecule is c1ccc(-c2cn3ccc(-c4ccc(-c5nc6ccccc6c6ccc7c(nc(-c8ccccc8)n7-c7ccccc7)c56)cc4)cc3n2)cc1. The normalized spacial score (nSPS) is 11.6. The highest BCUT2D eigenvalue weighted by Gasteiger charge is 2.20. The van der Waals surface area contributed by atoms with Crippen LogP contribution in [-0.2, 0) is 0 Å². The summed E-state index contributed by atoms with van der Waals surface area (Å²) in [6, 6.07) is 57.1. The van der Waals surface area contributed by atoms with Gasteiger partial charge in [0.05, 0.1) is 27.9 Å². The lowest BCUT2D eigenvalue weighted by Crippen LogP contribution is -1.97. The molecule has 0 spiro atoms. The van der Waals surface area contributed by atoms with Crippen LogP contribution < -0.4 is 0 Å². The van der Waals surface area contributed by atoms with Gasteiger partial charge in [0, 0.05) is 45.5 Å². The zero-order chi connectivity index (χ0) is 33.0. The molecule has 6 aromatic carbocycles. The minimum absolute atomic E-state index is 0.901. The summed E-state index contributed by atoms with van der Waals surface area (Å²) in [7, 11) is 0. The van der Waals surface area contributed by atoms with Gasteiger partial charge in [0.2, 0.25) is 0 Å². The van der Waals surface area contributed by atoms with Crippen LogP contribution in [-0.4, -0.2) is 23.9 Å². The van der Waals surface area contributed by atoms with Crippen LogP contribution in [0.15, 0.2) is 176 Å². The maximum Gasteiger partial charge on any atom is 0.145 e. The Morgan fingerprint density at radius 2 is 1.14 bits per heavy atom. The first-order valence-electron chi connectivity index (χ1n) is 16.8. The summed E-state index contributed by atoms with van der Waals surface area (Å²) >= 11 is 0. The highest BCUT2D eigenvalue weighted by atomic mass is 15.1. The molecule has 0 aliphatic carbocycles. The third-order valence-electron chi connectivity index (χ3n) is 9.56. The number of pyridine rings is 2. The van der Waals surface area contributed by atoms with E-state index in [1.54, 1.807) is 0 Å². The average Bonchev–Trinajstić information content (AvgIpc) is 3.81. The molecule has 0 bridgehead atoms. The van der Waals surface area contributed by atoms with Crippen molar-refractivity contribution < 1.29 is 0 Å². The first-order chi connectivity index (χ1) is 24.8. The topological polar surface area (TPSA) is 48.0 Å². The van der Waals surface area contributed by atoms with E-state index in [0.717, 1.165) is 89.1 Å². The average molecular weight is 640 g/mol. The molecule has 0 aliphatic rings. The molecule has 10 rings (SSSR count). The molecule has 0 N–H and O–H groups in total. The van der Waals surface area contributed by atoms with Crippen LogP contribution in [0.1, 0.15) is 0 Å². The number of fused-ring (bicyclic) bond motifs is 6. The molecule has 0 fully saturated rings. The second-order valence-electron chi connectivity index (χ2n) is 12.6. The monoisotopic (exact) mass is 639 g/mol. The van der Waals surface area contributed by atoms with E-state index in [0.29, 0.717) is 0 Å². The molecule has 5 nitrogen and oxygen atoms in total. The minimum atomic E-state index is 0.901. The summed E-state index contributed by atoms with van der Waals surface area (Å²) in [5.74, 6) is 0.901. The fraction of sp³-hybridized carbons (Fsp3) is 0. The molecule has 234 valence electrons. The van der Waals surface area contributed by atoms with Gasteiger partial charge in [-0.25, -0.2) is 15.0 Å². The third kappa shape index (κ3) is 4.60. The van der Waals surface area contributed by atoms with Crippen molar-refractivity contribution in [1.29, 1.82) is 0 Å². The molecular formula is C45H29N5. The largest absolute Gasteiger partial charge is 0.306 e. The molecule has 4 heterocycles. The second-order valence-corrected chi connectivity index (χ2v) is 12.6. The highest BCUT2D eigenvalue weighted by Crippen LogP contribution is 2.40. The molecule has 0 unspecified atom stereocenters. The smallest absolute Gasteiger partial charge is 0.145 e. The molecule has 0 saturated carbocycles. The van der Waals surface area contributed by atoms with Crippen LogP contribution in [0.3, 0.4) is 0 Å².